The Labute approximate surface area is 121 Å². The molecule has 2 nitrogen and oxygen atoms in total. The van der Waals surface area contributed by atoms with Crippen molar-refractivity contribution in [1.29, 1.82) is 0 Å². The van der Waals surface area contributed by atoms with Gasteiger partial charge < -0.3 is 4.42 Å². The predicted molar refractivity (Wildman–Crippen MR) is 87.0 cm³/mol. The minimum Gasteiger partial charge on any atom is -0.422 e. The van der Waals surface area contributed by atoms with Crippen molar-refractivity contribution in [3.63, 3.8) is 0 Å². The maximum Gasteiger partial charge on any atom is 0.344 e. The van der Waals surface area contributed by atoms with E-state index in [1.165, 1.54) is 5.56 Å². The van der Waals surface area contributed by atoms with E-state index in [9.17, 15) is 4.79 Å². The molecule has 1 heterocycles. The Morgan fingerprint density at radius 3 is 2.29 bits per heavy atom. The number of benzene rings is 3. The average molecular weight is 274 g/mol. The zero-order valence-electron chi connectivity index (χ0n) is 11.9. The van der Waals surface area contributed by atoms with Crippen molar-refractivity contribution in [3.8, 4) is 0 Å². The molecule has 21 heavy (non-hydrogen) atoms. The van der Waals surface area contributed by atoms with E-state index in [0.717, 1.165) is 27.1 Å². The lowest BCUT2D eigenvalue weighted by molar-refractivity contribution is 0.569. The molecule has 4 aromatic rings. The molecule has 0 amide bonds. The molecule has 0 aliphatic carbocycles. The number of aryl methyl sites for hydroxylation is 2. The summed E-state index contributed by atoms with van der Waals surface area (Å²) in [5.74, 6) is 0. The second-order valence-electron chi connectivity index (χ2n) is 5.64. The van der Waals surface area contributed by atoms with Gasteiger partial charge in [0.2, 0.25) is 0 Å². The highest BCUT2D eigenvalue weighted by molar-refractivity contribution is 6.09. The van der Waals surface area contributed by atoms with Crippen LogP contribution in [0.3, 0.4) is 0 Å². The predicted octanol–water partition coefficient (Wildman–Crippen LogP) is 4.72. The standard InChI is InChI=1S/C19H14O2/c1-11-3-5-13-9-16-15-6-4-12(2)8-18(15)21-19(20)17(16)10-14(13)7-11/h3-10H,1-2H3. The second kappa shape index (κ2) is 4.19. The van der Waals surface area contributed by atoms with E-state index in [0.29, 0.717) is 11.0 Å². The summed E-state index contributed by atoms with van der Waals surface area (Å²) in [5.41, 5.74) is 2.65. The summed E-state index contributed by atoms with van der Waals surface area (Å²) in [6.45, 7) is 4.04. The topological polar surface area (TPSA) is 30.2 Å². The van der Waals surface area contributed by atoms with Gasteiger partial charge in [0.05, 0.1) is 5.39 Å². The van der Waals surface area contributed by atoms with Crippen LogP contribution in [0.25, 0.3) is 32.5 Å². The van der Waals surface area contributed by atoms with Gasteiger partial charge in [0, 0.05) is 10.8 Å². The third-order valence-corrected chi connectivity index (χ3v) is 3.98. The molecule has 0 unspecified atom stereocenters. The fourth-order valence-corrected chi connectivity index (χ4v) is 2.90. The summed E-state index contributed by atoms with van der Waals surface area (Å²) < 4.78 is 5.48. The van der Waals surface area contributed by atoms with Crippen molar-refractivity contribution < 1.29 is 4.42 Å². The van der Waals surface area contributed by atoms with Crippen LogP contribution in [0.4, 0.5) is 0 Å². The third kappa shape index (κ3) is 1.83. The van der Waals surface area contributed by atoms with Crippen molar-refractivity contribution >= 4 is 32.5 Å². The molecule has 3 aromatic carbocycles. The molecule has 0 saturated heterocycles. The maximum atomic E-state index is 12.3. The van der Waals surface area contributed by atoms with Gasteiger partial charge in [0.1, 0.15) is 5.58 Å². The second-order valence-corrected chi connectivity index (χ2v) is 5.64. The van der Waals surface area contributed by atoms with E-state index < -0.39 is 0 Å². The van der Waals surface area contributed by atoms with E-state index in [-0.39, 0.29) is 5.63 Å². The van der Waals surface area contributed by atoms with Crippen LogP contribution < -0.4 is 5.63 Å². The fraction of sp³-hybridized carbons (Fsp3) is 0.105. The minimum atomic E-state index is -0.272. The average Bonchev–Trinajstić information content (AvgIpc) is 2.45. The molecule has 0 aliphatic rings. The zero-order valence-corrected chi connectivity index (χ0v) is 11.9. The Balaban J connectivity index is 2.26. The van der Waals surface area contributed by atoms with Crippen molar-refractivity contribution in [2.75, 3.05) is 0 Å². The summed E-state index contributed by atoms with van der Waals surface area (Å²) in [6.07, 6.45) is 0. The smallest absolute Gasteiger partial charge is 0.344 e. The number of rotatable bonds is 0. The summed E-state index contributed by atoms with van der Waals surface area (Å²) in [7, 11) is 0. The third-order valence-electron chi connectivity index (χ3n) is 3.98. The molecule has 0 bridgehead atoms. The van der Waals surface area contributed by atoms with Gasteiger partial charge in [0.15, 0.2) is 0 Å². The molecular formula is C19H14O2. The van der Waals surface area contributed by atoms with E-state index in [1.54, 1.807) is 0 Å². The molecule has 0 fully saturated rings. The largest absolute Gasteiger partial charge is 0.422 e. The Kier molecular flexibility index (Phi) is 2.43. The number of hydrogen-bond donors (Lipinski definition) is 0. The Hall–Kier alpha value is -2.61. The van der Waals surface area contributed by atoms with E-state index in [4.69, 9.17) is 4.42 Å². The molecule has 1 aromatic heterocycles. The molecule has 0 radical (unpaired) electrons. The van der Waals surface area contributed by atoms with Crippen LogP contribution in [0.2, 0.25) is 0 Å². The molecule has 0 atom stereocenters. The van der Waals surface area contributed by atoms with Gasteiger partial charge in [0.25, 0.3) is 0 Å². The van der Waals surface area contributed by atoms with Gasteiger partial charge in [-0.1, -0.05) is 35.9 Å². The van der Waals surface area contributed by atoms with Crippen LogP contribution in [0.15, 0.2) is 57.7 Å². The van der Waals surface area contributed by atoms with E-state index >= 15 is 0 Å². The summed E-state index contributed by atoms with van der Waals surface area (Å²) in [5, 5.41) is 4.79. The van der Waals surface area contributed by atoms with Gasteiger partial charge in [-0.15, -0.1) is 0 Å². The lowest BCUT2D eigenvalue weighted by atomic mass is 10.0. The van der Waals surface area contributed by atoms with Gasteiger partial charge in [-0.2, -0.15) is 0 Å². The first kappa shape index (κ1) is 12.2. The SMILES string of the molecule is Cc1ccc2cc3c(cc2c1)c(=O)oc1cc(C)ccc13. The van der Waals surface area contributed by atoms with Crippen LogP contribution in [-0.2, 0) is 0 Å². The number of fused-ring (bicyclic) bond motifs is 4. The van der Waals surface area contributed by atoms with Crippen LogP contribution >= 0.6 is 0 Å². The lowest BCUT2D eigenvalue weighted by Gasteiger charge is -2.06. The van der Waals surface area contributed by atoms with E-state index in [2.05, 4.69) is 31.2 Å². The molecule has 0 spiro atoms. The van der Waals surface area contributed by atoms with Gasteiger partial charge in [-0.05, 0) is 48.4 Å². The Morgan fingerprint density at radius 2 is 1.43 bits per heavy atom. The summed E-state index contributed by atoms with van der Waals surface area (Å²) >= 11 is 0. The quantitative estimate of drug-likeness (QED) is 0.264. The van der Waals surface area contributed by atoms with Crippen molar-refractivity contribution in [2.45, 2.75) is 13.8 Å². The molecule has 2 heteroatoms. The Bertz CT molecular complexity index is 1070. The maximum absolute atomic E-state index is 12.3. The summed E-state index contributed by atoms with van der Waals surface area (Å²) in [4.78, 5) is 12.3. The van der Waals surface area contributed by atoms with Crippen molar-refractivity contribution in [2.24, 2.45) is 0 Å². The number of hydrogen-bond acceptors (Lipinski definition) is 2. The molecule has 0 aliphatic heterocycles. The van der Waals surface area contributed by atoms with Crippen molar-refractivity contribution in [1.82, 2.24) is 0 Å². The minimum absolute atomic E-state index is 0.272. The van der Waals surface area contributed by atoms with Crippen LogP contribution in [0.5, 0.6) is 0 Å². The van der Waals surface area contributed by atoms with Crippen molar-refractivity contribution in [3.05, 3.63) is 70.1 Å². The fourth-order valence-electron chi connectivity index (χ4n) is 2.90. The monoisotopic (exact) mass is 274 g/mol. The molecular weight excluding hydrogens is 260 g/mol. The van der Waals surface area contributed by atoms with Crippen LogP contribution in [0, 0.1) is 13.8 Å². The Morgan fingerprint density at radius 1 is 0.714 bits per heavy atom. The van der Waals surface area contributed by atoms with Gasteiger partial charge in [-0.25, -0.2) is 4.79 Å². The van der Waals surface area contributed by atoms with E-state index in [1.807, 2.05) is 31.2 Å². The molecule has 4 rings (SSSR count). The highest BCUT2D eigenvalue weighted by Crippen LogP contribution is 2.28. The van der Waals surface area contributed by atoms with Gasteiger partial charge >= 0.3 is 5.63 Å². The molecule has 102 valence electrons. The molecule has 0 N–H and O–H groups in total. The molecule has 0 saturated carbocycles. The van der Waals surface area contributed by atoms with Gasteiger partial charge in [-0.3, -0.25) is 0 Å². The summed E-state index contributed by atoms with van der Waals surface area (Å²) in [6, 6.07) is 16.3. The van der Waals surface area contributed by atoms with Crippen LogP contribution in [-0.4, -0.2) is 0 Å². The highest BCUT2D eigenvalue weighted by atomic mass is 16.4. The lowest BCUT2D eigenvalue weighted by Crippen LogP contribution is -2.00. The first-order chi connectivity index (χ1) is 10.1. The first-order valence-corrected chi connectivity index (χ1v) is 6.99. The normalized spacial score (nSPS) is 11.5. The highest BCUT2D eigenvalue weighted by Gasteiger charge is 2.09. The van der Waals surface area contributed by atoms with Crippen LogP contribution in [0.1, 0.15) is 11.1 Å². The zero-order chi connectivity index (χ0) is 14.6. The first-order valence-electron chi connectivity index (χ1n) is 6.99.